The van der Waals surface area contributed by atoms with E-state index in [2.05, 4.69) is 0 Å². The summed E-state index contributed by atoms with van der Waals surface area (Å²) in [5.41, 5.74) is 1.06. The molecule has 0 saturated carbocycles. The lowest BCUT2D eigenvalue weighted by Crippen LogP contribution is -2.29. The molecule has 1 aliphatic rings. The molecule has 34 heavy (non-hydrogen) atoms. The quantitative estimate of drug-likeness (QED) is 0.324. The molecule has 0 spiro atoms. The number of nitrogens with zero attached hydrogens (tertiary/aromatic N) is 1. The second kappa shape index (κ2) is 9.19. The number of rotatable bonds is 6. The zero-order chi connectivity index (χ0) is 24.4. The molecular weight excluding hydrogens is 438 g/mol. The summed E-state index contributed by atoms with van der Waals surface area (Å²) in [6.45, 7) is 0. The second-order valence-electron chi connectivity index (χ2n) is 7.53. The third kappa shape index (κ3) is 3.90. The summed E-state index contributed by atoms with van der Waals surface area (Å²) in [4.78, 5) is 27.8. The summed E-state index contributed by atoms with van der Waals surface area (Å²) < 4.78 is 15.9. The Morgan fingerprint density at radius 1 is 0.853 bits per heavy atom. The van der Waals surface area contributed by atoms with Crippen molar-refractivity contribution in [2.75, 3.05) is 26.2 Å². The number of amides is 1. The minimum absolute atomic E-state index is 0.0268. The lowest BCUT2D eigenvalue weighted by Gasteiger charge is -2.26. The summed E-state index contributed by atoms with van der Waals surface area (Å²) in [5, 5.41) is 21.1. The smallest absolute Gasteiger partial charge is 0.300 e. The van der Waals surface area contributed by atoms with Gasteiger partial charge in [0.2, 0.25) is 0 Å². The van der Waals surface area contributed by atoms with E-state index in [-0.39, 0.29) is 28.4 Å². The summed E-state index contributed by atoms with van der Waals surface area (Å²) in [5.74, 6) is -0.744. The molecule has 1 aliphatic heterocycles. The van der Waals surface area contributed by atoms with E-state index in [4.69, 9.17) is 14.2 Å². The number of ether oxygens (including phenoxy) is 3. The standard InChI is InChI=1S/C26H23NO7/c1-32-18-6-4-5-16(13-18)27-23(15-7-9-17(28)10-8-15)22(25(30)26(27)31)24(29)20-12-11-19(33-2)14-21(20)34-3/h4-14,23,28-29H,1-3H3/b24-22-. The summed E-state index contributed by atoms with van der Waals surface area (Å²) >= 11 is 0. The van der Waals surface area contributed by atoms with Crippen LogP contribution in [-0.2, 0) is 9.59 Å². The van der Waals surface area contributed by atoms with Crippen molar-refractivity contribution in [3.8, 4) is 23.0 Å². The van der Waals surface area contributed by atoms with Crippen LogP contribution >= 0.6 is 0 Å². The number of methoxy groups -OCH3 is 3. The third-order valence-electron chi connectivity index (χ3n) is 5.65. The van der Waals surface area contributed by atoms with E-state index in [1.807, 2.05) is 0 Å². The zero-order valence-corrected chi connectivity index (χ0v) is 18.8. The van der Waals surface area contributed by atoms with Crippen LogP contribution in [0.4, 0.5) is 5.69 Å². The van der Waals surface area contributed by atoms with E-state index in [1.54, 1.807) is 54.6 Å². The first-order valence-electron chi connectivity index (χ1n) is 10.4. The minimum atomic E-state index is -0.959. The van der Waals surface area contributed by atoms with Crippen molar-refractivity contribution in [3.05, 3.63) is 83.4 Å². The van der Waals surface area contributed by atoms with Gasteiger partial charge in [0.05, 0.1) is 38.5 Å². The van der Waals surface area contributed by atoms with Gasteiger partial charge in [-0.3, -0.25) is 14.5 Å². The predicted octanol–water partition coefficient (Wildman–Crippen LogP) is 4.04. The first-order valence-corrected chi connectivity index (χ1v) is 10.4. The number of anilines is 1. The van der Waals surface area contributed by atoms with E-state index in [0.29, 0.717) is 22.7 Å². The molecule has 1 atom stereocenters. The van der Waals surface area contributed by atoms with Gasteiger partial charge in [0.1, 0.15) is 28.8 Å². The molecule has 1 heterocycles. The van der Waals surface area contributed by atoms with Crippen LogP contribution in [0.25, 0.3) is 5.76 Å². The highest BCUT2D eigenvalue weighted by Crippen LogP contribution is 2.44. The first-order chi connectivity index (χ1) is 16.4. The largest absolute Gasteiger partial charge is 0.508 e. The molecule has 2 N–H and O–H groups in total. The zero-order valence-electron chi connectivity index (χ0n) is 18.8. The Balaban J connectivity index is 1.96. The van der Waals surface area contributed by atoms with E-state index in [0.717, 1.165) is 0 Å². The molecule has 8 nitrogen and oxygen atoms in total. The van der Waals surface area contributed by atoms with Crippen LogP contribution < -0.4 is 19.1 Å². The van der Waals surface area contributed by atoms with Crippen LogP contribution in [0, 0.1) is 0 Å². The van der Waals surface area contributed by atoms with Crippen LogP contribution in [0.3, 0.4) is 0 Å². The number of carbonyl (C=O) groups excluding carboxylic acids is 2. The molecule has 1 saturated heterocycles. The lowest BCUT2D eigenvalue weighted by atomic mass is 9.94. The molecule has 174 valence electrons. The van der Waals surface area contributed by atoms with Gasteiger partial charge in [-0.25, -0.2) is 0 Å². The molecule has 0 bridgehead atoms. The Labute approximate surface area is 196 Å². The van der Waals surface area contributed by atoms with Gasteiger partial charge in [-0.15, -0.1) is 0 Å². The maximum absolute atomic E-state index is 13.3. The van der Waals surface area contributed by atoms with E-state index in [9.17, 15) is 19.8 Å². The van der Waals surface area contributed by atoms with Crippen molar-refractivity contribution < 1.29 is 34.0 Å². The van der Waals surface area contributed by atoms with E-state index >= 15 is 0 Å². The molecule has 3 aromatic rings. The minimum Gasteiger partial charge on any atom is -0.508 e. The molecule has 4 rings (SSSR count). The highest BCUT2D eigenvalue weighted by molar-refractivity contribution is 6.51. The van der Waals surface area contributed by atoms with E-state index < -0.39 is 17.7 Å². The van der Waals surface area contributed by atoms with Crippen molar-refractivity contribution in [3.63, 3.8) is 0 Å². The maximum Gasteiger partial charge on any atom is 0.300 e. The molecule has 8 heteroatoms. The fourth-order valence-corrected chi connectivity index (χ4v) is 3.97. The Bertz CT molecular complexity index is 1280. The number of aliphatic hydroxyl groups is 1. The summed E-state index contributed by atoms with van der Waals surface area (Å²) in [7, 11) is 4.43. The van der Waals surface area contributed by atoms with Gasteiger partial charge < -0.3 is 24.4 Å². The second-order valence-corrected chi connectivity index (χ2v) is 7.53. The molecule has 1 unspecified atom stereocenters. The molecule has 0 aliphatic carbocycles. The van der Waals surface area contributed by atoms with Gasteiger partial charge in [-0.2, -0.15) is 0 Å². The molecular formula is C26H23NO7. The van der Waals surface area contributed by atoms with Gasteiger partial charge >= 0.3 is 0 Å². The summed E-state index contributed by atoms with van der Waals surface area (Å²) in [6, 6.07) is 16.6. The summed E-state index contributed by atoms with van der Waals surface area (Å²) in [6.07, 6.45) is 0. The SMILES string of the molecule is COc1cccc(N2C(=O)C(=O)/C(=C(\O)c3ccc(OC)cc3OC)C2c2ccc(O)cc2)c1. The van der Waals surface area contributed by atoms with E-state index in [1.165, 1.54) is 38.4 Å². The highest BCUT2D eigenvalue weighted by atomic mass is 16.5. The monoisotopic (exact) mass is 461 g/mol. The number of benzene rings is 3. The molecule has 1 fully saturated rings. The van der Waals surface area contributed by atoms with Crippen molar-refractivity contribution in [1.82, 2.24) is 0 Å². The van der Waals surface area contributed by atoms with Gasteiger partial charge in [-0.05, 0) is 42.0 Å². The number of hydrogen-bond donors (Lipinski definition) is 2. The van der Waals surface area contributed by atoms with Crippen molar-refractivity contribution in [2.45, 2.75) is 6.04 Å². The average Bonchev–Trinajstić information content (AvgIpc) is 3.13. The number of phenolic OH excluding ortho intramolecular Hbond substituents is 1. The topological polar surface area (TPSA) is 106 Å². The Morgan fingerprint density at radius 3 is 2.18 bits per heavy atom. The molecule has 0 radical (unpaired) electrons. The Kier molecular flexibility index (Phi) is 6.14. The lowest BCUT2D eigenvalue weighted by molar-refractivity contribution is -0.132. The average molecular weight is 461 g/mol. The molecule has 1 amide bonds. The highest BCUT2D eigenvalue weighted by Gasteiger charge is 2.47. The van der Waals surface area contributed by atoms with Crippen LogP contribution in [0.2, 0.25) is 0 Å². The Hall–Kier alpha value is -4.46. The third-order valence-corrected chi connectivity index (χ3v) is 5.65. The predicted molar refractivity (Wildman–Crippen MR) is 125 cm³/mol. The number of carbonyl (C=O) groups is 2. The maximum atomic E-state index is 13.3. The first kappa shape index (κ1) is 22.7. The molecule has 0 aromatic heterocycles. The fraction of sp³-hybridized carbons (Fsp3) is 0.154. The molecule has 3 aromatic carbocycles. The van der Waals surface area contributed by atoms with Crippen LogP contribution in [-0.4, -0.2) is 43.2 Å². The number of Topliss-reactive ketones (excluding diaryl/α,β-unsaturated/α-hetero) is 1. The van der Waals surface area contributed by atoms with Gasteiger partial charge in [0.25, 0.3) is 11.7 Å². The van der Waals surface area contributed by atoms with Crippen LogP contribution in [0.15, 0.2) is 72.3 Å². The number of aliphatic hydroxyl groups excluding tert-OH is 1. The van der Waals surface area contributed by atoms with Crippen LogP contribution in [0.1, 0.15) is 17.2 Å². The van der Waals surface area contributed by atoms with Gasteiger partial charge in [0, 0.05) is 17.8 Å². The number of aromatic hydroxyl groups is 1. The number of ketones is 1. The van der Waals surface area contributed by atoms with Crippen molar-refractivity contribution >= 4 is 23.1 Å². The number of hydrogen-bond acceptors (Lipinski definition) is 7. The van der Waals surface area contributed by atoms with Gasteiger partial charge in [-0.1, -0.05) is 18.2 Å². The fourth-order valence-electron chi connectivity index (χ4n) is 3.97. The Morgan fingerprint density at radius 2 is 1.53 bits per heavy atom. The van der Waals surface area contributed by atoms with Crippen molar-refractivity contribution in [1.29, 1.82) is 0 Å². The number of phenols is 1. The van der Waals surface area contributed by atoms with Crippen LogP contribution in [0.5, 0.6) is 23.0 Å². The van der Waals surface area contributed by atoms with Crippen molar-refractivity contribution in [2.24, 2.45) is 0 Å². The van der Waals surface area contributed by atoms with Gasteiger partial charge in [0.15, 0.2) is 0 Å². The normalized spacial score (nSPS) is 17.0.